The first-order chi connectivity index (χ1) is 15.6. The molecule has 1 fully saturated rings. The van der Waals surface area contributed by atoms with Gasteiger partial charge in [0, 0.05) is 30.6 Å². The molecule has 4 rings (SSSR count). The van der Waals surface area contributed by atoms with Crippen molar-refractivity contribution in [2.45, 2.75) is 18.4 Å². The fourth-order valence-electron chi connectivity index (χ4n) is 3.71. The number of aliphatic hydroxyl groups is 2. The molecule has 0 radical (unpaired) electrons. The second kappa shape index (κ2) is 8.65. The molecular weight excluding hydrogens is 465 g/mol. The number of carbonyl (C=O) groups excluding carboxylic acids is 1. The molecule has 2 aromatic heterocycles. The molecule has 0 aliphatic carbocycles. The van der Waals surface area contributed by atoms with Crippen LogP contribution >= 0.6 is 11.6 Å². The molecule has 174 valence electrons. The molecule has 8 nitrogen and oxygen atoms in total. The van der Waals surface area contributed by atoms with Gasteiger partial charge < -0.3 is 19.8 Å². The molecule has 1 atom stereocenters. The number of hydrogen-bond donors (Lipinski definition) is 2. The van der Waals surface area contributed by atoms with Crippen LogP contribution in [0.1, 0.15) is 23.3 Å². The van der Waals surface area contributed by atoms with E-state index in [1.807, 2.05) is 0 Å². The Kier molecular flexibility index (Phi) is 6.04. The van der Waals surface area contributed by atoms with Crippen molar-refractivity contribution in [2.24, 2.45) is 0 Å². The van der Waals surface area contributed by atoms with Crippen LogP contribution < -0.4 is 4.74 Å². The van der Waals surface area contributed by atoms with Crippen molar-refractivity contribution in [3.8, 4) is 11.4 Å². The van der Waals surface area contributed by atoms with Crippen LogP contribution in [0.3, 0.4) is 0 Å². The molecule has 0 bridgehead atoms. The Morgan fingerprint density at radius 3 is 2.52 bits per heavy atom. The van der Waals surface area contributed by atoms with E-state index in [4.69, 9.17) is 11.6 Å². The molecule has 0 spiro atoms. The number of nitrogens with zero attached hydrogens (tertiary/aromatic N) is 4. The molecule has 1 unspecified atom stereocenters. The van der Waals surface area contributed by atoms with Crippen LogP contribution in [0.2, 0.25) is 0 Å². The Morgan fingerprint density at radius 2 is 1.94 bits per heavy atom. The monoisotopic (exact) mass is 482 g/mol. The average Bonchev–Trinajstić information content (AvgIpc) is 3.11. The standard InChI is InChI=1S/C21H18ClF3N4O4/c1-11(22)20(32)28-8-12(9-28)18-17-15(16(31)10-30)6-7-26-19(17)29(27-18)13-2-4-14(5-3-13)33-21(23,24)25/h2-7,12,16,30-31H,1,8-10H2. The Bertz CT molecular complexity index is 1210. The van der Waals surface area contributed by atoms with E-state index < -0.39 is 25.0 Å². The predicted molar refractivity (Wildman–Crippen MR) is 112 cm³/mol. The molecule has 0 saturated carbocycles. The number of aromatic nitrogens is 3. The molecule has 1 aliphatic rings. The van der Waals surface area contributed by atoms with Crippen molar-refractivity contribution in [3.05, 3.63) is 59.4 Å². The van der Waals surface area contributed by atoms with E-state index in [9.17, 15) is 28.2 Å². The highest BCUT2D eigenvalue weighted by Gasteiger charge is 2.37. The summed E-state index contributed by atoms with van der Waals surface area (Å²) in [6.45, 7) is 3.51. The zero-order valence-electron chi connectivity index (χ0n) is 17.0. The quantitative estimate of drug-likeness (QED) is 0.524. The molecule has 1 amide bonds. The fourth-order valence-corrected chi connectivity index (χ4v) is 3.83. The molecule has 1 aromatic carbocycles. The normalized spacial score (nSPS) is 15.4. The lowest BCUT2D eigenvalue weighted by Crippen LogP contribution is -2.48. The number of benzene rings is 1. The van der Waals surface area contributed by atoms with Gasteiger partial charge in [0.05, 0.1) is 23.0 Å². The minimum atomic E-state index is -4.81. The molecule has 12 heteroatoms. The average molecular weight is 483 g/mol. The van der Waals surface area contributed by atoms with E-state index >= 15 is 0 Å². The number of rotatable bonds is 6. The fraction of sp³-hybridized carbons (Fsp3) is 0.286. The van der Waals surface area contributed by atoms with Crippen molar-refractivity contribution in [1.82, 2.24) is 19.7 Å². The first-order valence-corrected chi connectivity index (χ1v) is 10.1. The van der Waals surface area contributed by atoms with E-state index in [1.54, 1.807) is 6.07 Å². The number of amides is 1. The zero-order chi connectivity index (χ0) is 23.9. The Labute approximate surface area is 190 Å². The highest BCUT2D eigenvalue weighted by atomic mass is 35.5. The number of aliphatic hydroxyl groups excluding tert-OH is 2. The summed E-state index contributed by atoms with van der Waals surface area (Å²) in [5.41, 5.74) is 1.67. The van der Waals surface area contributed by atoms with Gasteiger partial charge in [-0.3, -0.25) is 4.79 Å². The number of hydrogen-bond acceptors (Lipinski definition) is 6. The van der Waals surface area contributed by atoms with E-state index in [1.165, 1.54) is 27.9 Å². The van der Waals surface area contributed by atoms with Crippen molar-refractivity contribution in [2.75, 3.05) is 19.7 Å². The van der Waals surface area contributed by atoms with Gasteiger partial charge in [-0.1, -0.05) is 18.2 Å². The minimum absolute atomic E-state index is 0.108. The smallest absolute Gasteiger partial charge is 0.406 e. The van der Waals surface area contributed by atoms with Crippen molar-refractivity contribution in [1.29, 1.82) is 0 Å². The van der Waals surface area contributed by atoms with Crippen LogP contribution in [-0.4, -0.2) is 61.8 Å². The summed E-state index contributed by atoms with van der Waals surface area (Å²) in [6, 6.07) is 6.64. The van der Waals surface area contributed by atoms with Crippen molar-refractivity contribution < 1.29 is 32.9 Å². The third-order valence-electron chi connectivity index (χ3n) is 5.26. The summed E-state index contributed by atoms with van der Waals surface area (Å²) in [5, 5.41) is 24.8. The number of pyridine rings is 1. The van der Waals surface area contributed by atoms with Gasteiger partial charge in [0.25, 0.3) is 5.91 Å². The molecule has 1 saturated heterocycles. The molecular formula is C21H18ClF3N4O4. The van der Waals surface area contributed by atoms with Crippen molar-refractivity contribution in [3.63, 3.8) is 0 Å². The van der Waals surface area contributed by atoms with E-state index in [2.05, 4.69) is 21.4 Å². The maximum Gasteiger partial charge on any atom is 0.573 e. The van der Waals surface area contributed by atoms with E-state index in [-0.39, 0.29) is 16.7 Å². The second-order valence-corrected chi connectivity index (χ2v) is 7.90. The minimum Gasteiger partial charge on any atom is -0.406 e. The number of fused-ring (bicyclic) bond motifs is 1. The predicted octanol–water partition coefficient (Wildman–Crippen LogP) is 3.02. The third kappa shape index (κ3) is 4.52. The van der Waals surface area contributed by atoms with Gasteiger partial charge in [-0.25, -0.2) is 9.67 Å². The van der Waals surface area contributed by atoms with Gasteiger partial charge in [0.15, 0.2) is 5.65 Å². The zero-order valence-corrected chi connectivity index (χ0v) is 17.7. The van der Waals surface area contributed by atoms with Crippen LogP contribution in [0, 0.1) is 0 Å². The second-order valence-electron chi connectivity index (χ2n) is 7.45. The summed E-state index contributed by atoms with van der Waals surface area (Å²) >= 11 is 5.69. The largest absolute Gasteiger partial charge is 0.573 e. The molecule has 3 aromatic rings. The highest BCUT2D eigenvalue weighted by Crippen LogP contribution is 2.36. The highest BCUT2D eigenvalue weighted by molar-refractivity contribution is 6.41. The molecule has 1 aliphatic heterocycles. The van der Waals surface area contributed by atoms with Crippen LogP contribution in [0.4, 0.5) is 13.2 Å². The number of halogens is 4. The lowest BCUT2D eigenvalue weighted by Gasteiger charge is -2.38. The summed E-state index contributed by atoms with van der Waals surface area (Å²) in [6.07, 6.45) is -4.57. The van der Waals surface area contributed by atoms with Gasteiger partial charge >= 0.3 is 6.36 Å². The Hall–Kier alpha value is -3.15. The summed E-state index contributed by atoms with van der Waals surface area (Å²) in [7, 11) is 0. The number of likely N-dealkylation sites (tertiary alicyclic amines) is 1. The van der Waals surface area contributed by atoms with Crippen LogP contribution in [0.25, 0.3) is 16.7 Å². The first kappa shape index (κ1) is 23.0. The Balaban J connectivity index is 1.76. The lowest BCUT2D eigenvalue weighted by atomic mass is 9.92. The topological polar surface area (TPSA) is 101 Å². The summed E-state index contributed by atoms with van der Waals surface area (Å²) in [5.74, 6) is -0.997. The van der Waals surface area contributed by atoms with Crippen LogP contribution in [0.15, 0.2) is 48.1 Å². The summed E-state index contributed by atoms with van der Waals surface area (Å²) in [4.78, 5) is 17.9. The van der Waals surface area contributed by atoms with Gasteiger partial charge in [-0.05, 0) is 35.9 Å². The van der Waals surface area contributed by atoms with E-state index in [0.29, 0.717) is 41.1 Å². The maximum absolute atomic E-state index is 12.5. The molecule has 33 heavy (non-hydrogen) atoms. The summed E-state index contributed by atoms with van der Waals surface area (Å²) < 4.78 is 42.7. The maximum atomic E-state index is 12.5. The number of alkyl halides is 3. The number of carbonyl (C=O) groups is 1. The lowest BCUT2D eigenvalue weighted by molar-refractivity contribution is -0.274. The van der Waals surface area contributed by atoms with Crippen LogP contribution in [0.5, 0.6) is 5.75 Å². The Morgan fingerprint density at radius 1 is 1.27 bits per heavy atom. The first-order valence-electron chi connectivity index (χ1n) is 9.75. The van der Waals surface area contributed by atoms with Gasteiger partial charge in [0.1, 0.15) is 11.9 Å². The SMILES string of the molecule is C=C(Cl)C(=O)N1CC(c2nn(-c3ccc(OC(F)(F)F)cc3)c3nccc(C(O)CO)c23)C1. The molecule has 2 N–H and O–H groups in total. The van der Waals surface area contributed by atoms with Crippen LogP contribution in [-0.2, 0) is 4.79 Å². The van der Waals surface area contributed by atoms with Gasteiger partial charge in [-0.2, -0.15) is 5.10 Å². The van der Waals surface area contributed by atoms with Gasteiger partial charge in [0.2, 0.25) is 0 Å². The third-order valence-corrected chi connectivity index (χ3v) is 5.42. The van der Waals surface area contributed by atoms with Crippen molar-refractivity contribution >= 4 is 28.5 Å². The molecule has 3 heterocycles. The van der Waals surface area contributed by atoms with Gasteiger partial charge in [-0.15, -0.1) is 13.2 Å². The number of ether oxygens (including phenoxy) is 1. The van der Waals surface area contributed by atoms with E-state index in [0.717, 1.165) is 12.1 Å².